The highest BCUT2D eigenvalue weighted by Crippen LogP contribution is 2.34. The Hall–Kier alpha value is -2.60. The molecule has 0 aliphatic heterocycles. The summed E-state index contributed by atoms with van der Waals surface area (Å²) in [4.78, 5) is 29.3. The van der Waals surface area contributed by atoms with Crippen molar-refractivity contribution in [1.29, 1.82) is 5.26 Å². The maximum atomic E-state index is 12.7. The molecular formula is C19H21BrN4O4. The van der Waals surface area contributed by atoms with Crippen molar-refractivity contribution in [3.63, 3.8) is 0 Å². The third-order valence-corrected chi connectivity index (χ3v) is 4.60. The number of carbonyl (C=O) groups excluding carboxylic acids is 2. The van der Waals surface area contributed by atoms with Gasteiger partial charge in [-0.1, -0.05) is 15.9 Å². The first-order valence-electron chi connectivity index (χ1n) is 8.87. The normalized spacial score (nSPS) is 16.1. The summed E-state index contributed by atoms with van der Waals surface area (Å²) < 4.78 is 11.8. The van der Waals surface area contributed by atoms with Crippen molar-refractivity contribution in [2.75, 3.05) is 0 Å². The predicted molar refractivity (Wildman–Crippen MR) is 104 cm³/mol. The monoisotopic (exact) mass is 448 g/mol. The molecule has 0 spiro atoms. The van der Waals surface area contributed by atoms with Gasteiger partial charge in [-0.3, -0.25) is 4.79 Å². The molecule has 3 rings (SSSR count). The molecule has 2 aromatic rings. The summed E-state index contributed by atoms with van der Waals surface area (Å²) in [5.74, 6) is -0.181. The van der Waals surface area contributed by atoms with Gasteiger partial charge in [0.05, 0.1) is 12.5 Å². The lowest BCUT2D eigenvalue weighted by molar-refractivity contribution is -0.123. The standard InChI is InChI=1S/C19H21BrN4O4/c1-18(2,3)28-17(26)23-13(16(25)24-19(10-21)6-7-19)9-15-22-12-5-4-11(20)8-14(12)27-15/h4-5,8,13H,6-7,9H2,1-3H3,(H,23,26)(H,24,25)/t13-/m0/s1. The van der Waals surface area contributed by atoms with E-state index in [4.69, 9.17) is 9.15 Å². The Morgan fingerprint density at radius 3 is 2.75 bits per heavy atom. The number of aromatic nitrogens is 1. The van der Waals surface area contributed by atoms with Crippen LogP contribution in [0.2, 0.25) is 0 Å². The second-order valence-corrected chi connectivity index (χ2v) is 8.72. The maximum absolute atomic E-state index is 12.7. The molecule has 1 atom stereocenters. The van der Waals surface area contributed by atoms with E-state index in [1.807, 2.05) is 6.07 Å². The number of oxazole rings is 1. The highest BCUT2D eigenvalue weighted by molar-refractivity contribution is 9.10. The molecule has 1 heterocycles. The van der Waals surface area contributed by atoms with Crippen LogP contribution < -0.4 is 10.6 Å². The van der Waals surface area contributed by atoms with Gasteiger partial charge in [-0.2, -0.15) is 5.26 Å². The van der Waals surface area contributed by atoms with Gasteiger partial charge >= 0.3 is 6.09 Å². The fourth-order valence-corrected chi connectivity index (χ4v) is 2.92. The zero-order valence-electron chi connectivity index (χ0n) is 15.8. The molecule has 1 fully saturated rings. The van der Waals surface area contributed by atoms with Crippen LogP contribution in [-0.4, -0.2) is 34.2 Å². The number of benzene rings is 1. The van der Waals surface area contributed by atoms with Gasteiger partial charge in [0.1, 0.15) is 22.7 Å². The smallest absolute Gasteiger partial charge is 0.408 e. The molecular weight excluding hydrogens is 428 g/mol. The summed E-state index contributed by atoms with van der Waals surface area (Å²) in [6.45, 7) is 5.19. The largest absolute Gasteiger partial charge is 0.444 e. The molecule has 8 nitrogen and oxygen atoms in total. The molecule has 2 amide bonds. The SMILES string of the molecule is CC(C)(C)OC(=O)N[C@@H](Cc1nc2ccc(Br)cc2o1)C(=O)NC1(C#N)CC1. The predicted octanol–water partition coefficient (Wildman–Crippen LogP) is 3.20. The van der Waals surface area contributed by atoms with Crippen molar-refractivity contribution in [1.82, 2.24) is 15.6 Å². The summed E-state index contributed by atoms with van der Waals surface area (Å²) in [5.41, 5.74) is -0.349. The summed E-state index contributed by atoms with van der Waals surface area (Å²) in [6, 6.07) is 6.51. The van der Waals surface area contributed by atoms with E-state index in [1.165, 1.54) is 0 Å². The first-order chi connectivity index (χ1) is 13.1. The van der Waals surface area contributed by atoms with Crippen molar-refractivity contribution in [2.45, 2.75) is 57.2 Å². The van der Waals surface area contributed by atoms with Crippen molar-refractivity contribution < 1.29 is 18.7 Å². The molecule has 0 radical (unpaired) electrons. The van der Waals surface area contributed by atoms with Gasteiger partial charge in [-0.15, -0.1) is 0 Å². The number of amides is 2. The number of nitriles is 1. The number of alkyl carbamates (subject to hydrolysis) is 1. The number of hydrogen-bond donors (Lipinski definition) is 2. The van der Waals surface area contributed by atoms with Crippen molar-refractivity contribution in [3.8, 4) is 6.07 Å². The van der Waals surface area contributed by atoms with Crippen LogP contribution in [0.25, 0.3) is 11.1 Å². The van der Waals surface area contributed by atoms with Gasteiger partial charge in [0.25, 0.3) is 0 Å². The first kappa shape index (κ1) is 20.1. The lowest BCUT2D eigenvalue weighted by Gasteiger charge is -2.23. The zero-order valence-corrected chi connectivity index (χ0v) is 17.4. The molecule has 0 unspecified atom stereocenters. The summed E-state index contributed by atoms with van der Waals surface area (Å²) in [5, 5.41) is 14.5. The van der Waals surface area contributed by atoms with Crippen LogP contribution in [0.5, 0.6) is 0 Å². The van der Waals surface area contributed by atoms with E-state index in [1.54, 1.807) is 32.9 Å². The minimum Gasteiger partial charge on any atom is -0.444 e. The van der Waals surface area contributed by atoms with E-state index >= 15 is 0 Å². The second kappa shape index (κ2) is 7.43. The second-order valence-electron chi connectivity index (χ2n) is 7.81. The lowest BCUT2D eigenvalue weighted by atomic mass is 10.1. The fraction of sp³-hybridized carbons (Fsp3) is 0.474. The minimum atomic E-state index is -0.989. The Labute approximate surface area is 170 Å². The van der Waals surface area contributed by atoms with Crippen LogP contribution in [0.4, 0.5) is 4.79 Å². The number of hydrogen-bond acceptors (Lipinski definition) is 6. The van der Waals surface area contributed by atoms with E-state index in [-0.39, 0.29) is 6.42 Å². The number of carbonyl (C=O) groups is 2. The van der Waals surface area contributed by atoms with Crippen molar-refractivity contribution in [2.24, 2.45) is 0 Å². The lowest BCUT2D eigenvalue weighted by Crippen LogP contribution is -2.52. The number of halogens is 1. The molecule has 28 heavy (non-hydrogen) atoms. The van der Waals surface area contributed by atoms with E-state index in [0.29, 0.717) is 29.8 Å². The summed E-state index contributed by atoms with van der Waals surface area (Å²) >= 11 is 3.37. The van der Waals surface area contributed by atoms with E-state index in [2.05, 4.69) is 37.6 Å². The Morgan fingerprint density at radius 1 is 1.43 bits per heavy atom. The highest BCUT2D eigenvalue weighted by Gasteiger charge is 2.46. The fourth-order valence-electron chi connectivity index (χ4n) is 2.58. The molecule has 148 valence electrons. The molecule has 1 aromatic heterocycles. The highest BCUT2D eigenvalue weighted by atomic mass is 79.9. The quantitative estimate of drug-likeness (QED) is 0.724. The number of rotatable bonds is 5. The van der Waals surface area contributed by atoms with Crippen LogP contribution >= 0.6 is 15.9 Å². The minimum absolute atomic E-state index is 0.0267. The van der Waals surface area contributed by atoms with E-state index in [9.17, 15) is 14.9 Å². The number of fused-ring (bicyclic) bond motifs is 1. The molecule has 1 aliphatic rings. The Morgan fingerprint density at radius 2 is 2.14 bits per heavy atom. The number of nitrogens with zero attached hydrogens (tertiary/aromatic N) is 2. The van der Waals surface area contributed by atoms with E-state index in [0.717, 1.165) is 4.47 Å². The topological polar surface area (TPSA) is 117 Å². The van der Waals surface area contributed by atoms with Gasteiger partial charge in [0.15, 0.2) is 11.5 Å². The van der Waals surface area contributed by atoms with Crippen LogP contribution in [-0.2, 0) is 16.0 Å². The summed E-state index contributed by atoms with van der Waals surface area (Å²) in [7, 11) is 0. The van der Waals surface area contributed by atoms with Crippen LogP contribution in [0, 0.1) is 11.3 Å². The third kappa shape index (κ3) is 5.01. The molecule has 0 saturated heterocycles. The first-order valence-corrected chi connectivity index (χ1v) is 9.66. The number of ether oxygens (including phenoxy) is 1. The van der Waals surface area contributed by atoms with Gasteiger partial charge in [0.2, 0.25) is 5.91 Å². The van der Waals surface area contributed by atoms with Gasteiger partial charge in [-0.25, -0.2) is 9.78 Å². The Balaban J connectivity index is 1.78. The average molecular weight is 449 g/mol. The van der Waals surface area contributed by atoms with Gasteiger partial charge < -0.3 is 19.8 Å². The zero-order chi connectivity index (χ0) is 20.5. The Kier molecular flexibility index (Phi) is 5.35. The molecule has 1 aliphatic carbocycles. The van der Waals surface area contributed by atoms with Crippen molar-refractivity contribution >= 4 is 39.0 Å². The maximum Gasteiger partial charge on any atom is 0.408 e. The molecule has 1 saturated carbocycles. The average Bonchev–Trinajstić information content (AvgIpc) is 3.24. The van der Waals surface area contributed by atoms with Crippen LogP contribution in [0.3, 0.4) is 0 Å². The molecule has 9 heteroatoms. The van der Waals surface area contributed by atoms with Crippen molar-refractivity contribution in [3.05, 3.63) is 28.6 Å². The molecule has 0 bridgehead atoms. The van der Waals surface area contributed by atoms with Gasteiger partial charge in [0, 0.05) is 4.47 Å². The molecule has 1 aromatic carbocycles. The van der Waals surface area contributed by atoms with E-state index < -0.39 is 29.2 Å². The summed E-state index contributed by atoms with van der Waals surface area (Å²) in [6.07, 6.45) is 0.475. The van der Waals surface area contributed by atoms with Crippen LogP contribution in [0.15, 0.2) is 27.1 Å². The number of nitrogens with one attached hydrogen (secondary N) is 2. The third-order valence-electron chi connectivity index (χ3n) is 4.11. The van der Waals surface area contributed by atoms with Crippen LogP contribution in [0.1, 0.15) is 39.5 Å². The Bertz CT molecular complexity index is 953. The molecule has 2 N–H and O–H groups in total. The van der Waals surface area contributed by atoms with Gasteiger partial charge in [-0.05, 0) is 51.8 Å².